The van der Waals surface area contributed by atoms with Crippen LogP contribution in [0.25, 0.3) is 10.1 Å². The molecular weight excluding hydrogens is 442 g/mol. The minimum Gasteiger partial charge on any atom is -0.741 e. The van der Waals surface area contributed by atoms with Gasteiger partial charge in [-0.25, -0.2) is 8.42 Å². The molecule has 0 spiro atoms. The Labute approximate surface area is 167 Å². The number of rotatable bonds is 2. The first kappa shape index (κ1) is 23.9. The number of benzene rings is 1. The molecule has 0 bridgehead atoms. The Balaban J connectivity index is 0.000000321. The first-order valence-corrected chi connectivity index (χ1v) is 11.6. The van der Waals surface area contributed by atoms with Gasteiger partial charge < -0.3 is 4.55 Å². The van der Waals surface area contributed by atoms with Gasteiger partial charge in [-0.1, -0.05) is 32.3 Å². The van der Waals surface area contributed by atoms with Gasteiger partial charge in [0.2, 0.25) is 0 Å². The summed E-state index contributed by atoms with van der Waals surface area (Å²) in [6.45, 7) is 2.03. The van der Waals surface area contributed by atoms with E-state index in [0.29, 0.717) is 9.58 Å². The van der Waals surface area contributed by atoms with Crippen LogP contribution in [0.2, 0.25) is 0 Å². The van der Waals surface area contributed by atoms with Gasteiger partial charge in [-0.3, -0.25) is 0 Å². The summed E-state index contributed by atoms with van der Waals surface area (Å²) < 4.78 is 100. The van der Waals surface area contributed by atoms with E-state index in [9.17, 15) is 26.3 Å². The smallest absolute Gasteiger partial charge is 0.600 e. The van der Waals surface area contributed by atoms with Crippen molar-refractivity contribution in [3.63, 3.8) is 0 Å². The summed E-state index contributed by atoms with van der Waals surface area (Å²) in [6.07, 6.45) is 5.98. The third kappa shape index (κ3) is 5.85. The summed E-state index contributed by atoms with van der Waals surface area (Å²) >= 11 is 0. The van der Waals surface area contributed by atoms with E-state index in [4.69, 9.17) is 13.0 Å². The maximum absolute atomic E-state index is 13.6. The fraction of sp³-hybridized carbons (Fsp3) is 0.556. The highest BCUT2D eigenvalue weighted by Gasteiger charge is 2.49. The summed E-state index contributed by atoms with van der Waals surface area (Å²) in [5, 5.41) is 0.801. The summed E-state index contributed by atoms with van der Waals surface area (Å²) in [6, 6.07) is 7.34. The molecule has 29 heavy (non-hydrogen) atoms. The molecule has 1 aromatic carbocycles. The molecule has 1 fully saturated rings. The lowest BCUT2D eigenvalue weighted by Crippen LogP contribution is -2.21. The van der Waals surface area contributed by atoms with Crippen LogP contribution >= 0.6 is 10.5 Å². The Kier molecular flexibility index (Phi) is 7.27. The summed E-state index contributed by atoms with van der Waals surface area (Å²) in [5.74, 6) is 0.126. The minimum atomic E-state index is -6.09. The Morgan fingerprint density at radius 3 is 2.03 bits per heavy atom. The second-order valence-electron chi connectivity index (χ2n) is 6.76. The molecule has 1 aliphatic rings. The van der Waals surface area contributed by atoms with Gasteiger partial charge in [0.15, 0.2) is 19.7 Å². The van der Waals surface area contributed by atoms with Crippen molar-refractivity contribution in [1.82, 2.24) is 0 Å². The standard InChI is InChI=1S/C17H20F3S.CHF3O3S/c1-2-12-8-9-15-14(10-12)11-16(21(15)17(18,19)20)13-6-4-3-5-7-13;2-1(3,4)8(5,6)7/h8-11,13H,2-7H2,1H3;(H,5,6,7)/q+1;/p-1. The maximum atomic E-state index is 13.6. The first-order valence-electron chi connectivity index (χ1n) is 8.93. The largest absolute Gasteiger partial charge is 0.741 e. The fourth-order valence-corrected chi connectivity index (χ4v) is 5.53. The van der Waals surface area contributed by atoms with E-state index < -0.39 is 31.6 Å². The van der Waals surface area contributed by atoms with Gasteiger partial charge in [-0.2, -0.15) is 13.2 Å². The second kappa shape index (κ2) is 8.81. The minimum absolute atomic E-state index is 0.126. The average Bonchev–Trinajstić information content (AvgIpc) is 3.00. The maximum Gasteiger partial charge on any atom is 0.600 e. The molecule has 0 radical (unpaired) electrons. The van der Waals surface area contributed by atoms with E-state index in [2.05, 4.69) is 0 Å². The molecule has 3 nitrogen and oxygen atoms in total. The zero-order valence-corrected chi connectivity index (χ0v) is 17.1. The number of aryl methyl sites for hydroxylation is 1. The van der Waals surface area contributed by atoms with Gasteiger partial charge in [0.25, 0.3) is 0 Å². The molecule has 1 atom stereocenters. The number of fused-ring (bicyclic) bond motifs is 1. The van der Waals surface area contributed by atoms with E-state index in [1.165, 1.54) is 0 Å². The van der Waals surface area contributed by atoms with Crippen LogP contribution in [0.4, 0.5) is 26.3 Å². The van der Waals surface area contributed by atoms with Crippen LogP contribution in [0.3, 0.4) is 0 Å². The van der Waals surface area contributed by atoms with E-state index in [0.717, 1.165) is 49.5 Å². The Bertz CT molecular complexity index is 939. The van der Waals surface area contributed by atoms with Gasteiger partial charge in [-0.05, 0) is 37.0 Å². The Morgan fingerprint density at radius 1 is 1.03 bits per heavy atom. The van der Waals surface area contributed by atoms with Crippen LogP contribution in [-0.4, -0.2) is 18.5 Å². The van der Waals surface area contributed by atoms with Crippen LogP contribution in [0.1, 0.15) is 55.4 Å². The zero-order chi connectivity index (χ0) is 22.0. The van der Waals surface area contributed by atoms with Crippen molar-refractivity contribution < 1.29 is 39.3 Å². The predicted molar refractivity (Wildman–Crippen MR) is 98.7 cm³/mol. The van der Waals surface area contributed by atoms with Crippen molar-refractivity contribution in [2.24, 2.45) is 0 Å². The lowest BCUT2D eigenvalue weighted by Gasteiger charge is -2.18. The predicted octanol–water partition coefficient (Wildman–Crippen LogP) is 6.73. The van der Waals surface area contributed by atoms with Gasteiger partial charge in [0.1, 0.15) is 0 Å². The lowest BCUT2D eigenvalue weighted by molar-refractivity contribution is -0.0868. The number of alkyl halides is 6. The highest BCUT2D eigenvalue weighted by atomic mass is 32.2. The molecule has 1 aromatic heterocycles. The Hall–Kier alpha value is -1.33. The van der Waals surface area contributed by atoms with Gasteiger partial charge >= 0.3 is 11.0 Å². The fourth-order valence-electron chi connectivity index (χ4n) is 3.39. The van der Waals surface area contributed by atoms with Gasteiger partial charge in [-0.15, -0.1) is 13.2 Å². The molecule has 1 saturated carbocycles. The molecular formula is C18H20F6O3S2. The number of thiophene rings is 1. The topological polar surface area (TPSA) is 57.2 Å². The summed E-state index contributed by atoms with van der Waals surface area (Å²) in [7, 11) is -7.79. The summed E-state index contributed by atoms with van der Waals surface area (Å²) in [4.78, 5) is 0.644. The molecule has 0 aliphatic heterocycles. The molecule has 1 heterocycles. The van der Waals surface area contributed by atoms with Crippen LogP contribution in [-0.2, 0) is 22.0 Å². The molecule has 0 amide bonds. The normalized spacial score (nSPS) is 17.2. The number of hydrogen-bond acceptors (Lipinski definition) is 3. The van der Waals surface area contributed by atoms with Crippen molar-refractivity contribution in [1.29, 1.82) is 0 Å². The van der Waals surface area contributed by atoms with Crippen molar-refractivity contribution in [2.75, 3.05) is 0 Å². The second-order valence-corrected chi connectivity index (χ2v) is 10.1. The van der Waals surface area contributed by atoms with E-state index in [1.54, 1.807) is 6.07 Å². The molecule has 0 N–H and O–H groups in total. The third-order valence-corrected chi connectivity index (χ3v) is 7.52. The molecule has 1 aliphatic carbocycles. The van der Waals surface area contributed by atoms with Crippen molar-refractivity contribution in [2.45, 2.75) is 62.4 Å². The van der Waals surface area contributed by atoms with Crippen molar-refractivity contribution in [3.8, 4) is 0 Å². The highest BCUT2D eigenvalue weighted by molar-refractivity contribution is 7.86. The molecule has 3 rings (SSSR count). The number of hydrogen-bond donors (Lipinski definition) is 0. The van der Waals surface area contributed by atoms with Crippen molar-refractivity contribution >= 4 is 30.7 Å². The Morgan fingerprint density at radius 2 is 1.59 bits per heavy atom. The highest BCUT2D eigenvalue weighted by Crippen LogP contribution is 2.55. The van der Waals surface area contributed by atoms with Crippen LogP contribution in [0, 0.1) is 0 Å². The van der Waals surface area contributed by atoms with Crippen molar-refractivity contribution in [3.05, 3.63) is 34.7 Å². The third-order valence-electron chi connectivity index (χ3n) is 4.76. The van der Waals surface area contributed by atoms with E-state index in [1.807, 2.05) is 25.1 Å². The number of halogens is 6. The monoisotopic (exact) mass is 462 g/mol. The van der Waals surface area contributed by atoms with Crippen LogP contribution < -0.4 is 0 Å². The van der Waals surface area contributed by atoms with Crippen LogP contribution in [0.5, 0.6) is 0 Å². The van der Waals surface area contributed by atoms with Gasteiger partial charge in [0, 0.05) is 17.4 Å². The molecule has 1 unspecified atom stereocenters. The molecule has 2 aromatic rings. The zero-order valence-electron chi connectivity index (χ0n) is 15.4. The van der Waals surface area contributed by atoms with E-state index >= 15 is 0 Å². The summed E-state index contributed by atoms with van der Waals surface area (Å²) in [5.41, 5.74) is -8.68. The SMILES string of the molecule is CCc1ccc2c(c1)cc(C1CCCCC1)[s+]2C(F)(F)F.O=S(=O)([O-])C(F)(F)F. The van der Waals surface area contributed by atoms with Gasteiger partial charge in [0.05, 0.1) is 10.5 Å². The molecule has 0 saturated heterocycles. The average molecular weight is 462 g/mol. The quantitative estimate of drug-likeness (QED) is 0.215. The van der Waals surface area contributed by atoms with Crippen LogP contribution in [0.15, 0.2) is 24.3 Å². The molecule has 11 heteroatoms. The first-order chi connectivity index (χ1) is 13.3. The molecule has 164 valence electrons. The lowest BCUT2D eigenvalue weighted by atomic mass is 9.88. The van der Waals surface area contributed by atoms with E-state index in [-0.39, 0.29) is 5.92 Å².